The summed E-state index contributed by atoms with van der Waals surface area (Å²) in [5, 5.41) is 3.34. The first-order valence-electron chi connectivity index (χ1n) is 8.15. The lowest BCUT2D eigenvalue weighted by molar-refractivity contribution is -0.148. The lowest BCUT2D eigenvalue weighted by Crippen LogP contribution is -2.52. The van der Waals surface area contributed by atoms with Crippen molar-refractivity contribution < 1.29 is 9.53 Å². The molecule has 1 rings (SSSR count). The zero-order valence-electron chi connectivity index (χ0n) is 14.4. The third kappa shape index (κ3) is 5.57. The molecule has 2 atom stereocenters. The van der Waals surface area contributed by atoms with Crippen LogP contribution in [0.25, 0.3) is 0 Å². The predicted molar refractivity (Wildman–Crippen MR) is 86.5 cm³/mol. The van der Waals surface area contributed by atoms with Gasteiger partial charge in [0.25, 0.3) is 0 Å². The molecule has 0 spiro atoms. The van der Waals surface area contributed by atoms with Crippen molar-refractivity contribution in [2.45, 2.75) is 51.1 Å². The van der Waals surface area contributed by atoms with E-state index in [1.54, 1.807) is 0 Å². The van der Waals surface area contributed by atoms with E-state index in [-0.39, 0.29) is 5.97 Å². The summed E-state index contributed by atoms with van der Waals surface area (Å²) in [4.78, 5) is 16.8. The summed E-state index contributed by atoms with van der Waals surface area (Å²) in [5.74, 6) is -0.165. The van der Waals surface area contributed by atoms with Gasteiger partial charge in [0.15, 0.2) is 0 Å². The van der Waals surface area contributed by atoms with Gasteiger partial charge in [-0.1, -0.05) is 6.92 Å². The van der Waals surface area contributed by atoms with Gasteiger partial charge in [-0.25, -0.2) is 0 Å². The average molecular weight is 299 g/mol. The lowest BCUT2D eigenvalue weighted by Gasteiger charge is -2.31. The van der Waals surface area contributed by atoms with Crippen LogP contribution in [-0.2, 0) is 9.53 Å². The number of methoxy groups -OCH3 is 1. The number of ether oxygens (including phenoxy) is 1. The molecular weight excluding hydrogens is 266 g/mol. The van der Waals surface area contributed by atoms with Gasteiger partial charge in [0, 0.05) is 19.1 Å². The Morgan fingerprint density at radius 3 is 2.76 bits per heavy atom. The van der Waals surface area contributed by atoms with Gasteiger partial charge in [-0.15, -0.1) is 0 Å². The number of carbonyl (C=O) groups excluding carboxylic acids is 1. The van der Waals surface area contributed by atoms with Crippen LogP contribution in [0.4, 0.5) is 0 Å². The summed E-state index contributed by atoms with van der Waals surface area (Å²) in [6.45, 7) is 8.06. The molecule has 1 aliphatic rings. The Bertz CT molecular complexity index is 325. The molecule has 5 heteroatoms. The average Bonchev–Trinajstić information content (AvgIpc) is 2.87. The molecule has 1 fully saturated rings. The maximum atomic E-state index is 12.0. The van der Waals surface area contributed by atoms with Gasteiger partial charge < -0.3 is 19.9 Å². The van der Waals surface area contributed by atoms with Crippen LogP contribution in [0.3, 0.4) is 0 Å². The minimum Gasteiger partial charge on any atom is -0.468 e. The fourth-order valence-corrected chi connectivity index (χ4v) is 2.96. The van der Waals surface area contributed by atoms with Crippen molar-refractivity contribution in [1.29, 1.82) is 0 Å². The third-order valence-corrected chi connectivity index (χ3v) is 4.59. The normalized spacial score (nSPS) is 22.5. The summed E-state index contributed by atoms with van der Waals surface area (Å²) in [6, 6.07) is 0.656. The Hall–Kier alpha value is -0.650. The fourth-order valence-electron chi connectivity index (χ4n) is 2.96. The van der Waals surface area contributed by atoms with E-state index in [0.29, 0.717) is 6.04 Å². The molecule has 0 saturated carbocycles. The second kappa shape index (κ2) is 8.71. The van der Waals surface area contributed by atoms with E-state index in [0.717, 1.165) is 32.5 Å². The highest BCUT2D eigenvalue weighted by molar-refractivity contribution is 5.80. The molecule has 0 amide bonds. The summed E-state index contributed by atoms with van der Waals surface area (Å²) in [6.07, 6.45) is 4.36. The van der Waals surface area contributed by atoms with Crippen molar-refractivity contribution >= 4 is 5.97 Å². The number of likely N-dealkylation sites (N-methyl/N-ethyl adjacent to an activating group) is 2. The Kier molecular flexibility index (Phi) is 7.63. The number of hydrogen-bond acceptors (Lipinski definition) is 5. The van der Waals surface area contributed by atoms with Crippen LogP contribution in [0, 0.1) is 0 Å². The quantitative estimate of drug-likeness (QED) is 0.651. The zero-order chi connectivity index (χ0) is 15.9. The van der Waals surface area contributed by atoms with E-state index < -0.39 is 5.54 Å². The molecule has 1 N–H and O–H groups in total. The number of hydrogen-bond donors (Lipinski definition) is 1. The summed E-state index contributed by atoms with van der Waals surface area (Å²) in [7, 11) is 5.81. The largest absolute Gasteiger partial charge is 0.468 e. The number of carbonyl (C=O) groups is 1. The highest BCUT2D eigenvalue weighted by Gasteiger charge is 2.33. The molecule has 0 aromatic rings. The number of esters is 1. The van der Waals surface area contributed by atoms with Crippen LogP contribution in [-0.4, -0.2) is 74.7 Å². The maximum Gasteiger partial charge on any atom is 0.325 e. The van der Waals surface area contributed by atoms with Crippen molar-refractivity contribution in [2.24, 2.45) is 0 Å². The summed E-state index contributed by atoms with van der Waals surface area (Å²) >= 11 is 0. The van der Waals surface area contributed by atoms with Crippen LogP contribution in [0.2, 0.25) is 0 Å². The van der Waals surface area contributed by atoms with Gasteiger partial charge in [-0.2, -0.15) is 0 Å². The lowest BCUT2D eigenvalue weighted by atomic mass is 9.97. The zero-order valence-corrected chi connectivity index (χ0v) is 14.4. The Balaban J connectivity index is 2.45. The van der Waals surface area contributed by atoms with Gasteiger partial charge in [0.1, 0.15) is 5.54 Å². The number of nitrogens with zero attached hydrogens (tertiary/aromatic N) is 2. The highest BCUT2D eigenvalue weighted by Crippen LogP contribution is 2.17. The van der Waals surface area contributed by atoms with Gasteiger partial charge >= 0.3 is 5.97 Å². The molecule has 0 bridgehead atoms. The monoisotopic (exact) mass is 299 g/mol. The van der Waals surface area contributed by atoms with Crippen molar-refractivity contribution in [1.82, 2.24) is 15.1 Å². The highest BCUT2D eigenvalue weighted by atomic mass is 16.5. The first kappa shape index (κ1) is 18.4. The molecule has 5 nitrogen and oxygen atoms in total. The molecular formula is C16H33N3O2. The molecule has 0 aromatic carbocycles. The van der Waals surface area contributed by atoms with Crippen LogP contribution >= 0.6 is 0 Å². The molecule has 124 valence electrons. The second-order valence-corrected chi connectivity index (χ2v) is 6.54. The minimum absolute atomic E-state index is 0.165. The van der Waals surface area contributed by atoms with E-state index in [1.807, 2.05) is 6.92 Å². The first-order valence-corrected chi connectivity index (χ1v) is 8.15. The molecule has 1 saturated heterocycles. The minimum atomic E-state index is -0.583. The molecule has 1 aliphatic heterocycles. The Morgan fingerprint density at radius 1 is 1.52 bits per heavy atom. The summed E-state index contributed by atoms with van der Waals surface area (Å²) < 4.78 is 4.97. The number of likely N-dealkylation sites (tertiary alicyclic amines) is 1. The smallest absolute Gasteiger partial charge is 0.325 e. The number of rotatable bonds is 9. The van der Waals surface area contributed by atoms with E-state index in [9.17, 15) is 4.79 Å². The van der Waals surface area contributed by atoms with Gasteiger partial charge in [0.05, 0.1) is 7.11 Å². The van der Waals surface area contributed by atoms with Crippen molar-refractivity contribution in [3.63, 3.8) is 0 Å². The van der Waals surface area contributed by atoms with Crippen LogP contribution < -0.4 is 5.32 Å². The van der Waals surface area contributed by atoms with Crippen LogP contribution in [0.5, 0.6) is 0 Å². The van der Waals surface area contributed by atoms with Crippen molar-refractivity contribution in [3.8, 4) is 0 Å². The fraction of sp³-hybridized carbons (Fsp3) is 0.938. The van der Waals surface area contributed by atoms with E-state index in [2.05, 4.69) is 36.1 Å². The van der Waals surface area contributed by atoms with Gasteiger partial charge in [0.2, 0.25) is 0 Å². The molecule has 0 aliphatic carbocycles. The SMILES string of the molecule is CCCNC(C)(CCN(C)CC1CCCN1C)C(=O)OC. The summed E-state index contributed by atoms with van der Waals surface area (Å²) in [5.41, 5.74) is -0.583. The Morgan fingerprint density at radius 2 is 2.24 bits per heavy atom. The molecule has 2 unspecified atom stereocenters. The van der Waals surface area contributed by atoms with Gasteiger partial charge in [-0.05, 0) is 59.8 Å². The predicted octanol–water partition coefficient (Wildman–Crippen LogP) is 1.33. The maximum absolute atomic E-state index is 12.0. The molecule has 0 radical (unpaired) electrons. The van der Waals surface area contributed by atoms with Gasteiger partial charge in [-0.3, -0.25) is 4.79 Å². The molecule has 1 heterocycles. The number of nitrogens with one attached hydrogen (secondary N) is 1. The van der Waals surface area contributed by atoms with Crippen LogP contribution in [0.15, 0.2) is 0 Å². The van der Waals surface area contributed by atoms with Crippen molar-refractivity contribution in [2.75, 3.05) is 47.4 Å². The topological polar surface area (TPSA) is 44.8 Å². The molecule has 21 heavy (non-hydrogen) atoms. The third-order valence-electron chi connectivity index (χ3n) is 4.59. The Labute approximate surface area is 130 Å². The molecule has 0 aromatic heterocycles. The van der Waals surface area contributed by atoms with Crippen LogP contribution in [0.1, 0.15) is 39.5 Å². The standard InChI is InChI=1S/C16H33N3O2/c1-6-10-17-16(2,15(20)21-5)9-12-18(3)13-14-8-7-11-19(14)4/h14,17H,6-13H2,1-5H3. The van der Waals surface area contributed by atoms with E-state index >= 15 is 0 Å². The second-order valence-electron chi connectivity index (χ2n) is 6.54. The first-order chi connectivity index (χ1) is 9.92. The van der Waals surface area contributed by atoms with E-state index in [4.69, 9.17) is 4.74 Å². The van der Waals surface area contributed by atoms with Crippen molar-refractivity contribution in [3.05, 3.63) is 0 Å². The van der Waals surface area contributed by atoms with E-state index in [1.165, 1.54) is 26.5 Å².